The molecule has 2 rings (SSSR count). The second-order valence-electron chi connectivity index (χ2n) is 4.59. The zero-order chi connectivity index (χ0) is 17.0. The van der Waals surface area contributed by atoms with Crippen molar-refractivity contribution in [1.29, 1.82) is 0 Å². The van der Waals surface area contributed by atoms with Gasteiger partial charge in [-0.05, 0) is 30.8 Å². The molecule has 0 aliphatic rings. The molecule has 0 unspecified atom stereocenters. The standard InChI is InChI=1S/C15H14F2N2O3S/c1-18-23(21,22)13-8-3-2-5-10(13)9-19-15(20)14-11(16)6-4-7-12(14)17/h2-8,18H,9H2,1H3,(H,19,20). The molecular weight excluding hydrogens is 326 g/mol. The van der Waals surface area contributed by atoms with Crippen LogP contribution in [-0.2, 0) is 16.6 Å². The Hall–Kier alpha value is -2.32. The van der Waals surface area contributed by atoms with Crippen LogP contribution in [0.25, 0.3) is 0 Å². The van der Waals surface area contributed by atoms with Gasteiger partial charge in [-0.15, -0.1) is 0 Å². The van der Waals surface area contributed by atoms with Crippen molar-refractivity contribution < 1.29 is 22.0 Å². The summed E-state index contributed by atoms with van der Waals surface area (Å²) in [6.07, 6.45) is 0. The summed E-state index contributed by atoms with van der Waals surface area (Å²) >= 11 is 0. The van der Waals surface area contributed by atoms with Gasteiger partial charge in [-0.2, -0.15) is 0 Å². The second kappa shape index (κ2) is 6.84. The average molecular weight is 340 g/mol. The van der Waals surface area contributed by atoms with Crippen LogP contribution in [0, 0.1) is 11.6 Å². The topological polar surface area (TPSA) is 75.3 Å². The number of hydrogen-bond donors (Lipinski definition) is 2. The van der Waals surface area contributed by atoms with E-state index in [1.165, 1.54) is 25.2 Å². The highest BCUT2D eigenvalue weighted by Gasteiger charge is 2.19. The molecule has 0 aliphatic carbocycles. The Kier molecular flexibility index (Phi) is 5.07. The second-order valence-corrected chi connectivity index (χ2v) is 6.45. The summed E-state index contributed by atoms with van der Waals surface area (Å²) in [6, 6.07) is 9.09. The maximum atomic E-state index is 13.5. The quantitative estimate of drug-likeness (QED) is 0.872. The monoisotopic (exact) mass is 340 g/mol. The molecule has 0 fully saturated rings. The van der Waals surface area contributed by atoms with Gasteiger partial charge in [0.1, 0.15) is 17.2 Å². The molecule has 0 spiro atoms. The van der Waals surface area contributed by atoms with Crippen LogP contribution >= 0.6 is 0 Å². The fraction of sp³-hybridized carbons (Fsp3) is 0.133. The third kappa shape index (κ3) is 3.72. The van der Waals surface area contributed by atoms with Gasteiger partial charge in [0.25, 0.3) is 5.91 Å². The summed E-state index contributed by atoms with van der Waals surface area (Å²) in [6.45, 7) is -0.191. The molecule has 0 aromatic heterocycles. The van der Waals surface area contributed by atoms with Crippen molar-refractivity contribution in [3.05, 3.63) is 65.2 Å². The molecule has 5 nitrogen and oxygen atoms in total. The highest BCUT2D eigenvalue weighted by atomic mass is 32.2. The van der Waals surface area contributed by atoms with Gasteiger partial charge >= 0.3 is 0 Å². The first-order valence-electron chi connectivity index (χ1n) is 6.60. The molecule has 2 aromatic carbocycles. The molecule has 8 heteroatoms. The SMILES string of the molecule is CNS(=O)(=O)c1ccccc1CNC(=O)c1c(F)cccc1F. The summed E-state index contributed by atoms with van der Waals surface area (Å²) < 4.78 is 53.1. The number of amides is 1. The van der Waals surface area contributed by atoms with Crippen molar-refractivity contribution >= 4 is 15.9 Å². The van der Waals surface area contributed by atoms with Crippen molar-refractivity contribution in [2.24, 2.45) is 0 Å². The van der Waals surface area contributed by atoms with Gasteiger partial charge in [-0.1, -0.05) is 24.3 Å². The summed E-state index contributed by atoms with van der Waals surface area (Å²) in [5.74, 6) is -2.94. The van der Waals surface area contributed by atoms with E-state index < -0.39 is 33.1 Å². The lowest BCUT2D eigenvalue weighted by Crippen LogP contribution is -2.27. The van der Waals surface area contributed by atoms with Gasteiger partial charge in [-0.25, -0.2) is 21.9 Å². The molecule has 0 bridgehead atoms. The zero-order valence-electron chi connectivity index (χ0n) is 12.1. The lowest BCUT2D eigenvalue weighted by molar-refractivity contribution is 0.0942. The van der Waals surface area contributed by atoms with Crippen LogP contribution in [0.4, 0.5) is 8.78 Å². The lowest BCUT2D eigenvalue weighted by Gasteiger charge is -2.11. The van der Waals surface area contributed by atoms with Crippen molar-refractivity contribution in [2.45, 2.75) is 11.4 Å². The van der Waals surface area contributed by atoms with Crippen molar-refractivity contribution in [3.63, 3.8) is 0 Å². The van der Waals surface area contributed by atoms with Gasteiger partial charge in [0.2, 0.25) is 10.0 Å². The highest BCUT2D eigenvalue weighted by molar-refractivity contribution is 7.89. The van der Waals surface area contributed by atoms with E-state index in [1.807, 2.05) is 0 Å². The predicted octanol–water partition coefficient (Wildman–Crippen LogP) is 1.80. The van der Waals surface area contributed by atoms with Crippen molar-refractivity contribution in [3.8, 4) is 0 Å². The summed E-state index contributed by atoms with van der Waals surface area (Å²) in [7, 11) is -2.44. The lowest BCUT2D eigenvalue weighted by atomic mass is 10.1. The van der Waals surface area contributed by atoms with Crippen LogP contribution < -0.4 is 10.0 Å². The molecule has 2 aromatic rings. The third-order valence-corrected chi connectivity index (χ3v) is 4.67. The molecule has 0 aliphatic heterocycles. The van der Waals surface area contributed by atoms with E-state index in [1.54, 1.807) is 6.07 Å². The normalized spacial score (nSPS) is 11.3. The maximum Gasteiger partial charge on any atom is 0.257 e. The summed E-state index contributed by atoms with van der Waals surface area (Å²) in [5, 5.41) is 2.32. The van der Waals surface area contributed by atoms with Crippen LogP contribution in [0.15, 0.2) is 47.4 Å². The maximum absolute atomic E-state index is 13.5. The highest BCUT2D eigenvalue weighted by Crippen LogP contribution is 2.16. The molecule has 2 N–H and O–H groups in total. The average Bonchev–Trinajstić information content (AvgIpc) is 2.53. The largest absolute Gasteiger partial charge is 0.348 e. The van der Waals surface area contributed by atoms with E-state index in [9.17, 15) is 22.0 Å². The van der Waals surface area contributed by atoms with E-state index in [4.69, 9.17) is 0 Å². The molecule has 0 saturated heterocycles. The van der Waals surface area contributed by atoms with E-state index >= 15 is 0 Å². The van der Waals surface area contributed by atoms with Gasteiger partial charge in [0, 0.05) is 6.54 Å². The van der Waals surface area contributed by atoms with E-state index in [0.717, 1.165) is 18.2 Å². The molecule has 1 amide bonds. The van der Waals surface area contributed by atoms with E-state index in [-0.39, 0.29) is 11.4 Å². The summed E-state index contributed by atoms with van der Waals surface area (Å²) in [4.78, 5) is 11.9. The first-order chi connectivity index (χ1) is 10.9. The number of rotatable bonds is 5. The number of hydrogen-bond acceptors (Lipinski definition) is 3. The molecule has 0 heterocycles. The Bertz CT molecular complexity index is 818. The molecule has 23 heavy (non-hydrogen) atoms. The van der Waals surface area contributed by atoms with Crippen LogP contribution in [0.2, 0.25) is 0 Å². The van der Waals surface area contributed by atoms with Gasteiger partial charge < -0.3 is 5.32 Å². The zero-order valence-corrected chi connectivity index (χ0v) is 13.0. The van der Waals surface area contributed by atoms with Crippen molar-refractivity contribution in [1.82, 2.24) is 10.0 Å². The number of sulfonamides is 1. The van der Waals surface area contributed by atoms with Gasteiger partial charge in [0.15, 0.2) is 0 Å². The smallest absolute Gasteiger partial charge is 0.257 e. The molecule has 0 saturated carbocycles. The number of benzene rings is 2. The summed E-state index contributed by atoms with van der Waals surface area (Å²) in [5.41, 5.74) is -0.409. The molecule has 122 valence electrons. The Morgan fingerprint density at radius 3 is 2.26 bits per heavy atom. The minimum Gasteiger partial charge on any atom is -0.348 e. The van der Waals surface area contributed by atoms with Crippen LogP contribution in [0.1, 0.15) is 15.9 Å². The molecule has 0 radical (unpaired) electrons. The van der Waals surface area contributed by atoms with E-state index in [2.05, 4.69) is 10.0 Å². The number of carbonyl (C=O) groups is 1. The third-order valence-electron chi connectivity index (χ3n) is 3.16. The fourth-order valence-electron chi connectivity index (χ4n) is 2.00. The minimum absolute atomic E-state index is 0.0168. The number of halogens is 2. The molecular formula is C15H14F2N2O3S. The first kappa shape index (κ1) is 17.0. The Morgan fingerprint density at radius 1 is 1.04 bits per heavy atom. The Morgan fingerprint density at radius 2 is 1.65 bits per heavy atom. The number of carbonyl (C=O) groups excluding carboxylic acids is 1. The first-order valence-corrected chi connectivity index (χ1v) is 8.09. The Labute approximate surface area is 132 Å². The van der Waals surface area contributed by atoms with Crippen molar-refractivity contribution in [2.75, 3.05) is 7.05 Å². The fourth-order valence-corrected chi connectivity index (χ4v) is 2.96. The van der Waals surface area contributed by atoms with E-state index in [0.29, 0.717) is 5.56 Å². The van der Waals surface area contributed by atoms with Gasteiger partial charge in [0.05, 0.1) is 4.90 Å². The van der Waals surface area contributed by atoms with Crippen LogP contribution in [0.3, 0.4) is 0 Å². The minimum atomic E-state index is -3.71. The molecule has 0 atom stereocenters. The van der Waals surface area contributed by atoms with Gasteiger partial charge in [-0.3, -0.25) is 4.79 Å². The Balaban J connectivity index is 2.24. The van der Waals surface area contributed by atoms with Crippen LogP contribution in [0.5, 0.6) is 0 Å². The predicted molar refractivity (Wildman–Crippen MR) is 80.2 cm³/mol. The van der Waals surface area contributed by atoms with Crippen LogP contribution in [-0.4, -0.2) is 21.4 Å². The number of nitrogens with one attached hydrogen (secondary N) is 2.